The number of hydroxylamine groups is 2. The van der Waals surface area contributed by atoms with E-state index in [1.807, 2.05) is 58.0 Å². The smallest absolute Gasteiger partial charge is 0.330 e. The van der Waals surface area contributed by atoms with E-state index in [-0.39, 0.29) is 11.8 Å². The lowest BCUT2D eigenvalue weighted by Gasteiger charge is -2.40. The number of benzene rings is 1. The maximum Gasteiger partial charge on any atom is 0.330 e. The average molecular weight is 317 g/mol. The van der Waals surface area contributed by atoms with E-state index in [1.165, 1.54) is 0 Å². The molecule has 4 nitrogen and oxygen atoms in total. The quantitative estimate of drug-likeness (QED) is 0.852. The van der Waals surface area contributed by atoms with E-state index in [1.54, 1.807) is 5.06 Å². The molecule has 0 bridgehead atoms. The van der Waals surface area contributed by atoms with Crippen molar-refractivity contribution in [3.05, 3.63) is 35.9 Å². The van der Waals surface area contributed by atoms with Crippen molar-refractivity contribution in [3.63, 3.8) is 0 Å². The molecule has 2 rings (SSSR count). The Morgan fingerprint density at radius 1 is 1.13 bits per heavy atom. The number of carbonyl (C=O) groups excluding carboxylic acids is 2. The molecular formula is C19H27NO3. The molecule has 1 fully saturated rings. The zero-order valence-corrected chi connectivity index (χ0v) is 14.6. The van der Waals surface area contributed by atoms with Gasteiger partial charge in [0.2, 0.25) is 0 Å². The zero-order valence-electron chi connectivity index (χ0n) is 14.6. The molecule has 0 radical (unpaired) electrons. The van der Waals surface area contributed by atoms with Crippen molar-refractivity contribution in [2.75, 3.05) is 13.1 Å². The Hall–Kier alpha value is -1.68. The molecule has 1 heterocycles. The van der Waals surface area contributed by atoms with Crippen molar-refractivity contribution < 1.29 is 14.4 Å². The number of ketones is 1. The number of hydrogen-bond acceptors (Lipinski definition) is 4. The van der Waals surface area contributed by atoms with Gasteiger partial charge in [0.25, 0.3) is 0 Å². The Balaban J connectivity index is 2.12. The summed E-state index contributed by atoms with van der Waals surface area (Å²) in [5, 5.41) is 1.71. The number of nitrogens with zero attached hydrogens (tertiary/aromatic N) is 1. The van der Waals surface area contributed by atoms with Crippen molar-refractivity contribution in [2.45, 2.75) is 52.4 Å². The van der Waals surface area contributed by atoms with Crippen LogP contribution in [0.15, 0.2) is 30.3 Å². The Labute approximate surface area is 138 Å². The number of rotatable bonds is 4. The van der Waals surface area contributed by atoms with E-state index < -0.39 is 10.8 Å². The van der Waals surface area contributed by atoms with Gasteiger partial charge in [-0.05, 0) is 39.2 Å². The van der Waals surface area contributed by atoms with Crippen LogP contribution < -0.4 is 0 Å². The van der Waals surface area contributed by atoms with Crippen molar-refractivity contribution in [3.8, 4) is 0 Å². The maximum absolute atomic E-state index is 12.7. The van der Waals surface area contributed by atoms with E-state index in [0.29, 0.717) is 32.4 Å². The predicted molar refractivity (Wildman–Crippen MR) is 89.8 cm³/mol. The van der Waals surface area contributed by atoms with E-state index in [4.69, 9.17) is 4.84 Å². The van der Waals surface area contributed by atoms with Gasteiger partial charge >= 0.3 is 5.97 Å². The molecule has 0 amide bonds. The highest BCUT2D eigenvalue weighted by Gasteiger charge is 2.42. The molecule has 126 valence electrons. The molecule has 1 aromatic rings. The van der Waals surface area contributed by atoms with Crippen LogP contribution in [-0.2, 0) is 19.8 Å². The molecule has 0 unspecified atom stereocenters. The van der Waals surface area contributed by atoms with E-state index in [2.05, 4.69) is 0 Å². The summed E-state index contributed by atoms with van der Waals surface area (Å²) in [4.78, 5) is 30.2. The lowest BCUT2D eigenvalue weighted by Crippen LogP contribution is -2.48. The van der Waals surface area contributed by atoms with Crippen molar-refractivity contribution in [1.29, 1.82) is 0 Å². The van der Waals surface area contributed by atoms with E-state index in [9.17, 15) is 9.59 Å². The van der Waals surface area contributed by atoms with Crippen LogP contribution in [-0.4, -0.2) is 29.9 Å². The topological polar surface area (TPSA) is 46.6 Å². The molecule has 1 aliphatic heterocycles. The van der Waals surface area contributed by atoms with Crippen LogP contribution in [0.1, 0.15) is 52.5 Å². The number of Topliss-reactive ketones (excluding diaryl/α,β-unsaturated/α-hetero) is 1. The Morgan fingerprint density at radius 3 is 2.17 bits per heavy atom. The number of hydrogen-bond donors (Lipinski definition) is 0. The maximum atomic E-state index is 12.7. The zero-order chi connectivity index (χ0) is 17.1. The molecule has 0 N–H and O–H groups in total. The highest BCUT2D eigenvalue weighted by atomic mass is 16.7. The Kier molecular flexibility index (Phi) is 5.25. The van der Waals surface area contributed by atoms with Crippen LogP contribution in [0.25, 0.3) is 0 Å². The van der Waals surface area contributed by atoms with Gasteiger partial charge in [-0.15, -0.1) is 5.06 Å². The fourth-order valence-electron chi connectivity index (χ4n) is 3.04. The highest BCUT2D eigenvalue weighted by Crippen LogP contribution is 2.37. The summed E-state index contributed by atoms with van der Waals surface area (Å²) in [7, 11) is 0. The largest absolute Gasteiger partial charge is 0.367 e. The first-order valence-electron chi connectivity index (χ1n) is 8.36. The minimum atomic E-state index is -0.521. The van der Waals surface area contributed by atoms with Gasteiger partial charge < -0.3 is 4.84 Å². The van der Waals surface area contributed by atoms with Crippen LogP contribution in [0.4, 0.5) is 0 Å². The molecule has 1 aromatic carbocycles. The fraction of sp³-hybridized carbons (Fsp3) is 0.579. The average Bonchev–Trinajstić information content (AvgIpc) is 2.55. The van der Waals surface area contributed by atoms with Crippen molar-refractivity contribution in [2.24, 2.45) is 5.41 Å². The minimum absolute atomic E-state index is 0.230. The van der Waals surface area contributed by atoms with Gasteiger partial charge in [-0.2, -0.15) is 0 Å². The molecule has 4 heteroatoms. The second-order valence-electron chi connectivity index (χ2n) is 7.28. The normalized spacial score (nSPS) is 18.4. The lowest BCUT2D eigenvalue weighted by molar-refractivity contribution is -0.206. The molecule has 0 saturated carbocycles. The first kappa shape index (κ1) is 17.7. The Bertz CT molecular complexity index is 552. The number of carbonyl (C=O) groups is 2. The molecule has 0 spiro atoms. The van der Waals surface area contributed by atoms with E-state index >= 15 is 0 Å². The minimum Gasteiger partial charge on any atom is -0.367 e. The van der Waals surface area contributed by atoms with Crippen LogP contribution in [0, 0.1) is 5.41 Å². The third-order valence-electron chi connectivity index (χ3n) is 4.58. The van der Waals surface area contributed by atoms with Crippen molar-refractivity contribution >= 4 is 11.8 Å². The van der Waals surface area contributed by atoms with Crippen LogP contribution in [0.5, 0.6) is 0 Å². The summed E-state index contributed by atoms with van der Waals surface area (Å²) in [5.41, 5.74) is 0.113. The summed E-state index contributed by atoms with van der Waals surface area (Å²) < 4.78 is 0. The first-order valence-corrected chi connectivity index (χ1v) is 8.36. The van der Waals surface area contributed by atoms with Gasteiger partial charge in [-0.3, -0.25) is 4.79 Å². The van der Waals surface area contributed by atoms with Crippen LogP contribution in [0.3, 0.4) is 0 Å². The third kappa shape index (κ3) is 3.81. The molecule has 0 aromatic heterocycles. The van der Waals surface area contributed by atoms with Gasteiger partial charge in [-0.1, -0.05) is 37.3 Å². The van der Waals surface area contributed by atoms with Gasteiger partial charge in [0.05, 0.1) is 10.8 Å². The van der Waals surface area contributed by atoms with Gasteiger partial charge in [0.1, 0.15) is 5.78 Å². The molecular weight excluding hydrogens is 290 g/mol. The monoisotopic (exact) mass is 317 g/mol. The summed E-state index contributed by atoms with van der Waals surface area (Å²) in [6, 6.07) is 9.99. The number of piperidine rings is 1. The molecule has 0 aliphatic carbocycles. The van der Waals surface area contributed by atoms with Crippen LogP contribution in [0.2, 0.25) is 0 Å². The van der Waals surface area contributed by atoms with Gasteiger partial charge in [0.15, 0.2) is 0 Å². The third-order valence-corrected chi connectivity index (χ3v) is 4.58. The van der Waals surface area contributed by atoms with Crippen LogP contribution >= 0.6 is 0 Å². The van der Waals surface area contributed by atoms with Gasteiger partial charge in [0, 0.05) is 19.5 Å². The predicted octanol–water partition coefficient (Wildman–Crippen LogP) is 3.50. The second kappa shape index (κ2) is 6.83. The fourth-order valence-corrected chi connectivity index (χ4v) is 3.04. The second-order valence-corrected chi connectivity index (χ2v) is 7.28. The summed E-state index contributed by atoms with van der Waals surface area (Å²) in [5.74, 6) is 0.0389. The van der Waals surface area contributed by atoms with Gasteiger partial charge in [-0.25, -0.2) is 4.79 Å². The first-order chi connectivity index (χ1) is 10.8. The lowest BCUT2D eigenvalue weighted by atomic mass is 9.69. The molecule has 1 aliphatic rings. The molecule has 0 atom stereocenters. The summed E-state index contributed by atoms with van der Waals surface area (Å²) in [6.45, 7) is 8.61. The SMILES string of the molecule is CCC(=O)C1(c2ccccc2)CCN(OC(=O)C(C)(C)C)CC1. The standard InChI is InChI=1S/C19H27NO3/c1-5-16(21)19(15-9-7-6-8-10-15)11-13-20(14-12-19)23-17(22)18(2,3)4/h6-10H,5,11-14H2,1-4H3. The highest BCUT2D eigenvalue weighted by molar-refractivity contribution is 5.90. The van der Waals surface area contributed by atoms with Crippen molar-refractivity contribution in [1.82, 2.24) is 5.06 Å². The summed E-state index contributed by atoms with van der Waals surface area (Å²) >= 11 is 0. The molecule has 1 saturated heterocycles. The van der Waals surface area contributed by atoms with E-state index in [0.717, 1.165) is 5.56 Å². The summed E-state index contributed by atoms with van der Waals surface area (Å²) in [6.07, 6.45) is 1.89. The Morgan fingerprint density at radius 2 is 1.70 bits per heavy atom. The molecule has 23 heavy (non-hydrogen) atoms.